The highest BCUT2D eigenvalue weighted by molar-refractivity contribution is 6.30. The van der Waals surface area contributed by atoms with Gasteiger partial charge in [0.1, 0.15) is 12.4 Å². The zero-order valence-electron chi connectivity index (χ0n) is 17.8. The molecule has 1 heterocycles. The Balaban J connectivity index is 1.57. The van der Waals surface area contributed by atoms with Crippen molar-refractivity contribution in [3.8, 4) is 5.75 Å². The predicted octanol–water partition coefficient (Wildman–Crippen LogP) is 5.75. The molecule has 1 atom stereocenters. The van der Waals surface area contributed by atoms with E-state index in [0.29, 0.717) is 42.2 Å². The predicted molar refractivity (Wildman–Crippen MR) is 127 cm³/mol. The van der Waals surface area contributed by atoms with Gasteiger partial charge in [-0.25, -0.2) is 0 Å². The molecule has 1 aliphatic carbocycles. The van der Waals surface area contributed by atoms with E-state index in [-0.39, 0.29) is 5.91 Å². The molecule has 0 spiro atoms. The number of hydrogen-bond acceptors (Lipinski definition) is 3. The van der Waals surface area contributed by atoms with Crippen molar-refractivity contribution >= 4 is 34.4 Å². The second-order valence-electron chi connectivity index (χ2n) is 8.30. The molecule has 0 unspecified atom stereocenters. The SMILES string of the molecule is O=C(O)[C@@H]1CCc2c(c3cc(OCc4ccccc4)ccc3n2C(=O)c2ccc(Cl)cc2)C1. The Kier molecular flexibility index (Phi) is 5.65. The molecule has 0 fully saturated rings. The van der Waals surface area contributed by atoms with Crippen LogP contribution in [0, 0.1) is 5.92 Å². The van der Waals surface area contributed by atoms with Crippen molar-refractivity contribution in [1.82, 2.24) is 4.57 Å². The molecule has 0 aliphatic heterocycles. The van der Waals surface area contributed by atoms with Crippen LogP contribution in [0.4, 0.5) is 0 Å². The summed E-state index contributed by atoms with van der Waals surface area (Å²) in [6.45, 7) is 0.427. The molecule has 0 saturated heterocycles. The summed E-state index contributed by atoms with van der Waals surface area (Å²) in [5, 5.41) is 11.0. The van der Waals surface area contributed by atoms with Gasteiger partial charge in [0.25, 0.3) is 5.91 Å². The van der Waals surface area contributed by atoms with Gasteiger partial charge in [0.2, 0.25) is 0 Å². The molecular formula is C27H22ClNO4. The summed E-state index contributed by atoms with van der Waals surface area (Å²) in [6, 6.07) is 22.4. The molecule has 0 radical (unpaired) electrons. The first-order chi connectivity index (χ1) is 16.0. The lowest BCUT2D eigenvalue weighted by molar-refractivity contribution is -0.142. The second kappa shape index (κ2) is 8.75. The normalized spacial score (nSPS) is 15.2. The van der Waals surface area contributed by atoms with E-state index in [0.717, 1.165) is 27.7 Å². The van der Waals surface area contributed by atoms with E-state index in [1.807, 2.05) is 48.5 Å². The average Bonchev–Trinajstić information content (AvgIpc) is 3.16. The van der Waals surface area contributed by atoms with Gasteiger partial charge < -0.3 is 9.84 Å². The first-order valence-electron chi connectivity index (χ1n) is 10.9. The number of benzene rings is 3. The van der Waals surface area contributed by atoms with Gasteiger partial charge in [-0.05, 0) is 72.9 Å². The Morgan fingerprint density at radius 1 is 1.03 bits per heavy atom. The van der Waals surface area contributed by atoms with E-state index in [1.54, 1.807) is 28.8 Å². The van der Waals surface area contributed by atoms with Crippen LogP contribution in [0.15, 0.2) is 72.8 Å². The highest BCUT2D eigenvalue weighted by Crippen LogP contribution is 2.37. The maximum atomic E-state index is 13.5. The van der Waals surface area contributed by atoms with E-state index in [4.69, 9.17) is 16.3 Å². The standard InChI is InChI=1S/C27H22ClNO4/c28-20-9-6-18(7-10-20)26(30)29-24-12-8-19(27(31)32)14-22(24)23-15-21(11-13-25(23)29)33-16-17-4-2-1-3-5-17/h1-7,9-11,13,15,19H,8,12,14,16H2,(H,31,32)/t19-/m1/s1. The van der Waals surface area contributed by atoms with Gasteiger partial charge in [-0.2, -0.15) is 0 Å². The van der Waals surface area contributed by atoms with Crippen molar-refractivity contribution < 1.29 is 19.4 Å². The van der Waals surface area contributed by atoms with Crippen molar-refractivity contribution in [2.75, 3.05) is 0 Å². The molecule has 1 N–H and O–H groups in total. The Labute approximate surface area is 196 Å². The van der Waals surface area contributed by atoms with Crippen LogP contribution in [-0.2, 0) is 24.2 Å². The maximum Gasteiger partial charge on any atom is 0.306 e. The molecule has 3 aromatic carbocycles. The molecule has 5 nitrogen and oxygen atoms in total. The van der Waals surface area contributed by atoms with Crippen LogP contribution in [0.1, 0.15) is 33.6 Å². The Hall–Kier alpha value is -3.57. The van der Waals surface area contributed by atoms with Gasteiger partial charge in [-0.15, -0.1) is 0 Å². The molecule has 166 valence electrons. The first kappa shape index (κ1) is 21.3. The minimum absolute atomic E-state index is 0.148. The largest absolute Gasteiger partial charge is 0.489 e. The van der Waals surface area contributed by atoms with Crippen LogP contribution in [-0.4, -0.2) is 21.6 Å². The van der Waals surface area contributed by atoms with Crippen LogP contribution >= 0.6 is 11.6 Å². The van der Waals surface area contributed by atoms with Crippen LogP contribution < -0.4 is 4.74 Å². The number of aliphatic carboxylic acids is 1. The number of carboxylic acids is 1. The molecule has 33 heavy (non-hydrogen) atoms. The number of carbonyl (C=O) groups is 2. The first-order valence-corrected chi connectivity index (χ1v) is 11.2. The van der Waals surface area contributed by atoms with Gasteiger partial charge >= 0.3 is 5.97 Å². The van der Waals surface area contributed by atoms with Crippen molar-refractivity contribution in [2.45, 2.75) is 25.9 Å². The van der Waals surface area contributed by atoms with E-state index in [2.05, 4.69) is 0 Å². The fourth-order valence-electron chi connectivity index (χ4n) is 4.53. The Morgan fingerprint density at radius 2 is 1.79 bits per heavy atom. The average molecular weight is 460 g/mol. The zero-order chi connectivity index (χ0) is 22.9. The third-order valence-electron chi connectivity index (χ3n) is 6.22. The van der Waals surface area contributed by atoms with Crippen LogP contribution in [0.3, 0.4) is 0 Å². The fraction of sp³-hybridized carbons (Fsp3) is 0.185. The number of hydrogen-bond donors (Lipinski definition) is 1. The minimum atomic E-state index is -0.804. The molecule has 4 aromatic rings. The fourth-order valence-corrected chi connectivity index (χ4v) is 4.66. The van der Waals surface area contributed by atoms with Crippen LogP contribution in [0.5, 0.6) is 5.75 Å². The van der Waals surface area contributed by atoms with Crippen molar-refractivity contribution in [3.63, 3.8) is 0 Å². The van der Waals surface area contributed by atoms with Crippen molar-refractivity contribution in [1.29, 1.82) is 0 Å². The van der Waals surface area contributed by atoms with E-state index >= 15 is 0 Å². The third kappa shape index (κ3) is 4.12. The van der Waals surface area contributed by atoms with Crippen molar-refractivity contribution in [3.05, 3.63) is 100 Å². The summed E-state index contributed by atoms with van der Waals surface area (Å²) in [5.41, 5.74) is 4.14. The number of aromatic nitrogens is 1. The lowest BCUT2D eigenvalue weighted by atomic mass is 9.86. The van der Waals surface area contributed by atoms with Gasteiger partial charge in [0.05, 0.1) is 11.4 Å². The topological polar surface area (TPSA) is 68.5 Å². The van der Waals surface area contributed by atoms with Crippen LogP contribution in [0.25, 0.3) is 10.9 Å². The molecular weight excluding hydrogens is 438 g/mol. The number of ether oxygens (including phenoxy) is 1. The number of carbonyl (C=O) groups excluding carboxylic acids is 1. The molecule has 1 aromatic heterocycles. The highest BCUT2D eigenvalue weighted by Gasteiger charge is 2.31. The van der Waals surface area contributed by atoms with Gasteiger partial charge in [-0.3, -0.25) is 14.2 Å². The Morgan fingerprint density at radius 3 is 2.52 bits per heavy atom. The highest BCUT2D eigenvalue weighted by atomic mass is 35.5. The number of nitrogens with zero attached hydrogens (tertiary/aromatic N) is 1. The second-order valence-corrected chi connectivity index (χ2v) is 8.74. The summed E-state index contributed by atoms with van der Waals surface area (Å²) in [6.07, 6.45) is 1.43. The third-order valence-corrected chi connectivity index (χ3v) is 6.48. The number of fused-ring (bicyclic) bond motifs is 3. The van der Waals surface area contributed by atoms with Gasteiger partial charge in [0.15, 0.2) is 0 Å². The summed E-state index contributed by atoms with van der Waals surface area (Å²) >= 11 is 6.00. The molecule has 0 amide bonds. The van der Waals surface area contributed by atoms with Crippen LogP contribution in [0.2, 0.25) is 5.02 Å². The van der Waals surface area contributed by atoms with E-state index < -0.39 is 11.9 Å². The Bertz CT molecular complexity index is 1340. The van der Waals surface area contributed by atoms with Gasteiger partial charge in [-0.1, -0.05) is 41.9 Å². The summed E-state index contributed by atoms with van der Waals surface area (Å²) in [4.78, 5) is 25.2. The molecule has 5 rings (SSSR count). The minimum Gasteiger partial charge on any atom is -0.489 e. The quantitative estimate of drug-likeness (QED) is 0.412. The smallest absolute Gasteiger partial charge is 0.306 e. The zero-order valence-corrected chi connectivity index (χ0v) is 18.6. The van der Waals surface area contributed by atoms with Crippen molar-refractivity contribution in [2.24, 2.45) is 5.92 Å². The van der Waals surface area contributed by atoms with E-state index in [9.17, 15) is 14.7 Å². The van der Waals surface area contributed by atoms with Gasteiger partial charge in [0, 0.05) is 21.7 Å². The molecule has 6 heteroatoms. The molecule has 0 saturated carbocycles. The summed E-state index contributed by atoms with van der Waals surface area (Å²) in [7, 11) is 0. The lowest BCUT2D eigenvalue weighted by Gasteiger charge is -2.20. The molecule has 1 aliphatic rings. The number of rotatable bonds is 5. The monoisotopic (exact) mass is 459 g/mol. The van der Waals surface area contributed by atoms with E-state index in [1.165, 1.54) is 0 Å². The summed E-state index contributed by atoms with van der Waals surface area (Å²) in [5.74, 6) is -0.731. The lowest BCUT2D eigenvalue weighted by Crippen LogP contribution is -2.24. The number of carboxylic acid groups (broad SMARTS) is 1. The summed E-state index contributed by atoms with van der Waals surface area (Å²) < 4.78 is 7.74. The number of halogens is 1. The maximum absolute atomic E-state index is 13.5. The molecule has 0 bridgehead atoms.